The molecule has 0 saturated heterocycles. The van der Waals surface area contributed by atoms with E-state index in [-0.39, 0.29) is 5.56 Å². The predicted molar refractivity (Wildman–Crippen MR) is 89.1 cm³/mol. The number of anilines is 1. The molecule has 2 aromatic heterocycles. The Bertz CT molecular complexity index is 687. The molecule has 0 unspecified atom stereocenters. The number of hydrogen-bond donors (Lipinski definition) is 1. The van der Waals surface area contributed by atoms with E-state index in [9.17, 15) is 4.79 Å². The first-order valence-electron chi connectivity index (χ1n) is 7.15. The van der Waals surface area contributed by atoms with E-state index in [0.29, 0.717) is 29.2 Å². The summed E-state index contributed by atoms with van der Waals surface area (Å²) in [5.74, 6) is 0.622. The fourth-order valence-corrected chi connectivity index (χ4v) is 2.33. The number of aromatic nitrogens is 3. The number of halogens is 1. The summed E-state index contributed by atoms with van der Waals surface area (Å²) in [5, 5.41) is 7.19. The van der Waals surface area contributed by atoms with Crippen molar-refractivity contribution in [2.75, 3.05) is 11.9 Å². The lowest BCUT2D eigenvalue weighted by Crippen LogP contribution is -2.21. The van der Waals surface area contributed by atoms with Gasteiger partial charge in [0.05, 0.1) is 18.5 Å². The third-order valence-corrected chi connectivity index (χ3v) is 3.90. The summed E-state index contributed by atoms with van der Waals surface area (Å²) in [6.07, 6.45) is 5.39. The molecule has 0 saturated carbocycles. The van der Waals surface area contributed by atoms with Crippen LogP contribution < -0.4 is 15.6 Å². The molecule has 6 nitrogen and oxygen atoms in total. The summed E-state index contributed by atoms with van der Waals surface area (Å²) in [6, 6.07) is 3.81. The third kappa shape index (κ3) is 4.07. The molecule has 22 heavy (non-hydrogen) atoms. The fraction of sp³-hybridized carbons (Fsp3) is 0.400. The first-order chi connectivity index (χ1) is 10.6. The molecule has 1 N–H and O–H groups in total. The van der Waals surface area contributed by atoms with Gasteiger partial charge >= 0.3 is 0 Å². The van der Waals surface area contributed by atoms with E-state index in [4.69, 9.17) is 4.74 Å². The third-order valence-electron chi connectivity index (χ3n) is 3.13. The standard InChI is InChI=1S/C15H19BrN4O2/c1-3-4-8-22-14-11(6-5-7-17-14)9-18-12-10-19-20(2)15(21)13(12)16/h5-7,10,18H,3-4,8-9H2,1-2H3. The zero-order valence-corrected chi connectivity index (χ0v) is 14.3. The lowest BCUT2D eigenvalue weighted by molar-refractivity contribution is 0.295. The summed E-state index contributed by atoms with van der Waals surface area (Å²) < 4.78 is 7.43. The molecule has 0 aliphatic rings. The molecular weight excluding hydrogens is 348 g/mol. The smallest absolute Gasteiger partial charge is 0.282 e. The van der Waals surface area contributed by atoms with E-state index in [1.54, 1.807) is 19.4 Å². The van der Waals surface area contributed by atoms with Crippen molar-refractivity contribution in [2.24, 2.45) is 7.05 Å². The number of hydrogen-bond acceptors (Lipinski definition) is 5. The molecule has 0 radical (unpaired) electrons. The maximum absolute atomic E-state index is 11.8. The van der Waals surface area contributed by atoms with Gasteiger partial charge in [-0.1, -0.05) is 19.4 Å². The number of ether oxygens (including phenoxy) is 1. The second-order valence-corrected chi connectivity index (χ2v) is 5.62. The lowest BCUT2D eigenvalue weighted by Gasteiger charge is -2.12. The summed E-state index contributed by atoms with van der Waals surface area (Å²) in [4.78, 5) is 16.1. The molecular formula is C15H19BrN4O2. The molecule has 0 bridgehead atoms. The molecule has 2 rings (SSSR count). The Balaban J connectivity index is 2.09. The van der Waals surface area contributed by atoms with Crippen molar-refractivity contribution in [1.29, 1.82) is 0 Å². The largest absolute Gasteiger partial charge is 0.477 e. The predicted octanol–water partition coefficient (Wildman–Crippen LogP) is 2.73. The highest BCUT2D eigenvalue weighted by atomic mass is 79.9. The van der Waals surface area contributed by atoms with Crippen LogP contribution >= 0.6 is 15.9 Å². The van der Waals surface area contributed by atoms with E-state index in [0.717, 1.165) is 18.4 Å². The van der Waals surface area contributed by atoms with Gasteiger partial charge in [-0.05, 0) is 28.4 Å². The van der Waals surface area contributed by atoms with Crippen LogP contribution in [0.5, 0.6) is 5.88 Å². The van der Waals surface area contributed by atoms with Gasteiger partial charge in [0.25, 0.3) is 5.56 Å². The van der Waals surface area contributed by atoms with Crippen LogP contribution in [-0.2, 0) is 13.6 Å². The van der Waals surface area contributed by atoms with Crippen LogP contribution in [0.25, 0.3) is 0 Å². The minimum Gasteiger partial charge on any atom is -0.477 e. The molecule has 0 aromatic carbocycles. The molecule has 0 aliphatic heterocycles. The molecule has 2 heterocycles. The number of nitrogens with one attached hydrogen (secondary N) is 1. The zero-order valence-electron chi connectivity index (χ0n) is 12.7. The Hall–Kier alpha value is -1.89. The molecule has 0 amide bonds. The second kappa shape index (κ2) is 7.93. The Morgan fingerprint density at radius 2 is 2.27 bits per heavy atom. The quantitative estimate of drug-likeness (QED) is 0.763. The summed E-state index contributed by atoms with van der Waals surface area (Å²) >= 11 is 3.29. The van der Waals surface area contributed by atoms with Gasteiger partial charge < -0.3 is 10.1 Å². The molecule has 118 valence electrons. The lowest BCUT2D eigenvalue weighted by atomic mass is 10.2. The fourth-order valence-electron chi connectivity index (χ4n) is 1.83. The molecule has 2 aromatic rings. The minimum atomic E-state index is -0.185. The Morgan fingerprint density at radius 1 is 1.45 bits per heavy atom. The molecule has 0 spiro atoms. The highest BCUT2D eigenvalue weighted by Crippen LogP contribution is 2.20. The number of unbranched alkanes of at least 4 members (excludes halogenated alkanes) is 1. The van der Waals surface area contributed by atoms with Gasteiger partial charge in [0.2, 0.25) is 5.88 Å². The van der Waals surface area contributed by atoms with Gasteiger partial charge in [0.15, 0.2) is 0 Å². The molecule has 0 fully saturated rings. The van der Waals surface area contributed by atoms with Crippen molar-refractivity contribution >= 4 is 21.6 Å². The van der Waals surface area contributed by atoms with E-state index in [1.165, 1.54) is 4.68 Å². The Morgan fingerprint density at radius 3 is 3.05 bits per heavy atom. The van der Waals surface area contributed by atoms with Gasteiger partial charge in [0, 0.05) is 25.4 Å². The highest BCUT2D eigenvalue weighted by Gasteiger charge is 2.09. The van der Waals surface area contributed by atoms with E-state index in [2.05, 4.69) is 38.3 Å². The maximum atomic E-state index is 11.8. The Labute approximate surface area is 137 Å². The summed E-state index contributed by atoms with van der Waals surface area (Å²) in [7, 11) is 1.61. The molecule has 0 aliphatic carbocycles. The van der Waals surface area contributed by atoms with Gasteiger partial charge in [0.1, 0.15) is 4.47 Å². The van der Waals surface area contributed by atoms with Crippen LogP contribution in [0, 0.1) is 0 Å². The van der Waals surface area contributed by atoms with Crippen molar-refractivity contribution < 1.29 is 4.74 Å². The van der Waals surface area contributed by atoms with Crippen LogP contribution in [0.3, 0.4) is 0 Å². The van der Waals surface area contributed by atoms with Gasteiger partial charge in [-0.15, -0.1) is 0 Å². The summed E-state index contributed by atoms with van der Waals surface area (Å²) in [6.45, 7) is 3.27. The molecule has 0 atom stereocenters. The van der Waals surface area contributed by atoms with Crippen molar-refractivity contribution in [3.63, 3.8) is 0 Å². The minimum absolute atomic E-state index is 0.185. The zero-order chi connectivity index (χ0) is 15.9. The van der Waals surface area contributed by atoms with Crippen LogP contribution in [0.1, 0.15) is 25.3 Å². The van der Waals surface area contributed by atoms with Crippen molar-refractivity contribution in [1.82, 2.24) is 14.8 Å². The Kier molecular flexibility index (Phi) is 5.94. The van der Waals surface area contributed by atoms with Crippen molar-refractivity contribution in [3.05, 3.63) is 44.9 Å². The first kappa shape index (κ1) is 16.5. The van der Waals surface area contributed by atoms with Crippen molar-refractivity contribution in [2.45, 2.75) is 26.3 Å². The van der Waals surface area contributed by atoms with Crippen LogP contribution in [0.15, 0.2) is 33.8 Å². The van der Waals surface area contributed by atoms with Gasteiger partial charge in [-0.25, -0.2) is 9.67 Å². The van der Waals surface area contributed by atoms with Crippen LogP contribution in [0.4, 0.5) is 5.69 Å². The van der Waals surface area contributed by atoms with E-state index < -0.39 is 0 Å². The van der Waals surface area contributed by atoms with E-state index in [1.807, 2.05) is 12.1 Å². The number of rotatable bonds is 7. The van der Waals surface area contributed by atoms with E-state index >= 15 is 0 Å². The van der Waals surface area contributed by atoms with Crippen LogP contribution in [0.2, 0.25) is 0 Å². The maximum Gasteiger partial charge on any atom is 0.282 e. The number of nitrogens with zero attached hydrogens (tertiary/aromatic N) is 3. The van der Waals surface area contributed by atoms with Crippen LogP contribution in [-0.4, -0.2) is 21.4 Å². The summed E-state index contributed by atoms with van der Waals surface area (Å²) in [5.41, 5.74) is 1.40. The number of pyridine rings is 1. The normalized spacial score (nSPS) is 10.5. The molecule has 7 heteroatoms. The first-order valence-corrected chi connectivity index (χ1v) is 7.95. The second-order valence-electron chi connectivity index (χ2n) is 4.82. The average Bonchev–Trinajstić information content (AvgIpc) is 2.53. The number of aryl methyl sites for hydroxylation is 1. The monoisotopic (exact) mass is 366 g/mol. The topological polar surface area (TPSA) is 69.0 Å². The van der Waals surface area contributed by atoms with Crippen molar-refractivity contribution in [3.8, 4) is 5.88 Å². The highest BCUT2D eigenvalue weighted by molar-refractivity contribution is 9.10. The van der Waals surface area contributed by atoms with Gasteiger partial charge in [-0.2, -0.15) is 5.10 Å². The van der Waals surface area contributed by atoms with Gasteiger partial charge in [-0.3, -0.25) is 4.79 Å². The SMILES string of the molecule is CCCCOc1ncccc1CNc1cnn(C)c(=O)c1Br. The average molecular weight is 367 g/mol.